The second-order valence-electron chi connectivity index (χ2n) is 2.48. The van der Waals surface area contributed by atoms with Crippen molar-refractivity contribution in [3.8, 4) is 5.75 Å². The molecule has 0 saturated carbocycles. The Hall–Kier alpha value is -0.630. The number of aliphatic hydroxyl groups excluding tert-OH is 1. The van der Waals surface area contributed by atoms with Crippen molar-refractivity contribution in [3.63, 3.8) is 0 Å². The summed E-state index contributed by atoms with van der Waals surface area (Å²) in [4.78, 5) is 0. The Labute approximate surface area is 79.5 Å². The van der Waals surface area contributed by atoms with Crippen LogP contribution in [0.3, 0.4) is 0 Å². The maximum absolute atomic E-state index is 8.78. The minimum atomic E-state index is 0.0701. The Morgan fingerprint density at radius 3 is 2.54 bits per heavy atom. The van der Waals surface area contributed by atoms with Gasteiger partial charge >= 0.3 is 0 Å². The fourth-order valence-electron chi connectivity index (χ4n) is 0.835. The topological polar surface area (TPSA) is 38.7 Å². The first-order valence-electron chi connectivity index (χ1n) is 3.95. The van der Waals surface area contributed by atoms with Crippen LogP contribution in [0.5, 0.6) is 5.75 Å². The third-order valence-corrected chi connectivity index (χ3v) is 2.29. The lowest BCUT2D eigenvalue weighted by atomic mass is 10.2. The van der Waals surface area contributed by atoms with Gasteiger partial charge in [0.2, 0.25) is 0 Å². The zero-order chi connectivity index (χ0) is 9.52. The molecule has 72 valence electrons. The van der Waals surface area contributed by atoms with Crippen LogP contribution < -0.4 is 4.52 Å². The van der Waals surface area contributed by atoms with Crippen molar-refractivity contribution in [1.29, 1.82) is 0 Å². The lowest BCUT2D eigenvalue weighted by Gasteiger charge is -2.04. The van der Waals surface area contributed by atoms with Gasteiger partial charge in [-0.1, -0.05) is 12.1 Å². The van der Waals surface area contributed by atoms with Crippen molar-refractivity contribution in [2.75, 3.05) is 13.5 Å². The average Bonchev–Trinajstić information content (AvgIpc) is 2.19. The summed E-state index contributed by atoms with van der Waals surface area (Å²) in [5.41, 5.74) is 0.891. The van der Waals surface area contributed by atoms with E-state index in [4.69, 9.17) is 14.4 Å². The van der Waals surface area contributed by atoms with Gasteiger partial charge in [-0.25, -0.2) is 0 Å². The highest BCUT2D eigenvalue weighted by molar-refractivity contribution is 7.32. The number of hydrogen-bond acceptors (Lipinski definition) is 3. The quantitative estimate of drug-likeness (QED) is 0.581. The standard InChI is InChI=1S/C9H13O3P/c1-11-7-13-12-9-4-2-8(6-10)3-5-9/h2-5,10,13H,6-7H2,1H3. The van der Waals surface area contributed by atoms with Crippen molar-refractivity contribution < 1.29 is 14.4 Å². The molecular weight excluding hydrogens is 187 g/mol. The van der Waals surface area contributed by atoms with Gasteiger partial charge in [-0.15, -0.1) is 0 Å². The van der Waals surface area contributed by atoms with Gasteiger partial charge in [0.15, 0.2) is 0 Å². The Morgan fingerprint density at radius 2 is 2.00 bits per heavy atom. The summed E-state index contributed by atoms with van der Waals surface area (Å²) in [6.07, 6.45) is 0.613. The molecule has 4 heteroatoms. The molecule has 0 aliphatic heterocycles. The number of hydrogen-bond donors (Lipinski definition) is 1. The third kappa shape index (κ3) is 3.73. The van der Waals surface area contributed by atoms with Crippen molar-refractivity contribution in [3.05, 3.63) is 29.8 Å². The molecule has 1 rings (SSSR count). The van der Waals surface area contributed by atoms with E-state index in [2.05, 4.69) is 0 Å². The second-order valence-corrected chi connectivity index (χ2v) is 3.26. The molecule has 0 aromatic heterocycles. The van der Waals surface area contributed by atoms with Gasteiger partial charge in [-0.3, -0.25) is 0 Å². The highest BCUT2D eigenvalue weighted by Crippen LogP contribution is 2.20. The van der Waals surface area contributed by atoms with Crippen molar-refractivity contribution in [2.45, 2.75) is 6.61 Å². The molecule has 1 unspecified atom stereocenters. The number of aliphatic hydroxyl groups is 1. The highest BCUT2D eigenvalue weighted by atomic mass is 31.1. The summed E-state index contributed by atoms with van der Waals surface area (Å²) in [5, 5.41) is 8.78. The molecule has 0 heterocycles. The Kier molecular flexibility index (Phi) is 4.76. The normalized spacial score (nSPS) is 10.9. The van der Waals surface area contributed by atoms with E-state index in [0.717, 1.165) is 11.3 Å². The number of methoxy groups -OCH3 is 1. The van der Waals surface area contributed by atoms with E-state index in [1.165, 1.54) is 0 Å². The van der Waals surface area contributed by atoms with Crippen LogP contribution in [0.1, 0.15) is 5.56 Å². The first kappa shape index (κ1) is 10.5. The summed E-state index contributed by atoms with van der Waals surface area (Å²) in [6.45, 7) is 0.0701. The van der Waals surface area contributed by atoms with Crippen LogP contribution in [0.15, 0.2) is 24.3 Å². The van der Waals surface area contributed by atoms with E-state index < -0.39 is 0 Å². The van der Waals surface area contributed by atoms with E-state index in [1.807, 2.05) is 24.3 Å². The Balaban J connectivity index is 2.40. The maximum atomic E-state index is 8.78. The van der Waals surface area contributed by atoms with E-state index in [1.54, 1.807) is 7.11 Å². The van der Waals surface area contributed by atoms with E-state index >= 15 is 0 Å². The molecular formula is C9H13O3P. The van der Waals surface area contributed by atoms with Crippen LogP contribution in [-0.4, -0.2) is 18.6 Å². The van der Waals surface area contributed by atoms with Gasteiger partial charge in [0, 0.05) is 7.11 Å². The van der Waals surface area contributed by atoms with Gasteiger partial charge in [0.05, 0.1) is 21.8 Å². The van der Waals surface area contributed by atoms with Crippen LogP contribution in [0, 0.1) is 0 Å². The molecule has 3 nitrogen and oxygen atoms in total. The largest absolute Gasteiger partial charge is 0.475 e. The lowest BCUT2D eigenvalue weighted by Crippen LogP contribution is -1.86. The summed E-state index contributed by atoms with van der Waals surface area (Å²) in [5.74, 6) is 0.813. The smallest absolute Gasteiger partial charge is 0.123 e. The molecule has 0 radical (unpaired) electrons. The third-order valence-electron chi connectivity index (χ3n) is 1.50. The molecule has 0 amide bonds. The zero-order valence-electron chi connectivity index (χ0n) is 7.49. The molecule has 1 aromatic carbocycles. The van der Waals surface area contributed by atoms with Crippen molar-refractivity contribution >= 4 is 8.81 Å². The van der Waals surface area contributed by atoms with Crippen LogP contribution in [0.25, 0.3) is 0 Å². The van der Waals surface area contributed by atoms with Gasteiger partial charge < -0.3 is 14.4 Å². The monoisotopic (exact) mass is 200 g/mol. The molecule has 0 saturated heterocycles. The summed E-state index contributed by atoms with van der Waals surface area (Å²) >= 11 is 0. The average molecular weight is 200 g/mol. The summed E-state index contributed by atoms with van der Waals surface area (Å²) < 4.78 is 10.2. The first-order chi connectivity index (χ1) is 6.36. The molecule has 0 fully saturated rings. The van der Waals surface area contributed by atoms with Gasteiger partial charge in [-0.2, -0.15) is 0 Å². The number of benzene rings is 1. The predicted octanol–water partition coefficient (Wildman–Crippen LogP) is 1.76. The summed E-state index contributed by atoms with van der Waals surface area (Å²) in [7, 11) is 1.97. The molecule has 1 N–H and O–H groups in total. The van der Waals surface area contributed by atoms with Gasteiger partial charge in [-0.05, 0) is 17.7 Å². The molecule has 0 aliphatic carbocycles. The van der Waals surface area contributed by atoms with E-state index in [0.29, 0.717) is 15.2 Å². The highest BCUT2D eigenvalue weighted by Gasteiger charge is 1.93. The first-order valence-corrected chi connectivity index (χ1v) is 5.07. The predicted molar refractivity (Wildman–Crippen MR) is 53.2 cm³/mol. The Bertz CT molecular complexity index is 235. The minimum Gasteiger partial charge on any atom is -0.475 e. The molecule has 0 spiro atoms. The lowest BCUT2D eigenvalue weighted by molar-refractivity contribution is 0.251. The molecule has 0 aliphatic rings. The van der Waals surface area contributed by atoms with Gasteiger partial charge in [0.1, 0.15) is 5.75 Å². The van der Waals surface area contributed by atoms with Crippen LogP contribution in [0.2, 0.25) is 0 Å². The molecule has 0 bridgehead atoms. The van der Waals surface area contributed by atoms with Crippen molar-refractivity contribution in [1.82, 2.24) is 0 Å². The maximum Gasteiger partial charge on any atom is 0.123 e. The van der Waals surface area contributed by atoms with E-state index in [9.17, 15) is 0 Å². The van der Waals surface area contributed by atoms with Crippen LogP contribution in [0.4, 0.5) is 0 Å². The second kappa shape index (κ2) is 5.92. The SMILES string of the molecule is COCPOc1ccc(CO)cc1. The number of ether oxygens (including phenoxy) is 1. The van der Waals surface area contributed by atoms with Crippen LogP contribution in [-0.2, 0) is 11.3 Å². The molecule has 13 heavy (non-hydrogen) atoms. The fraction of sp³-hybridized carbons (Fsp3) is 0.333. The van der Waals surface area contributed by atoms with Gasteiger partial charge in [0.25, 0.3) is 0 Å². The molecule has 1 atom stereocenters. The van der Waals surface area contributed by atoms with Crippen molar-refractivity contribution in [2.24, 2.45) is 0 Å². The summed E-state index contributed by atoms with van der Waals surface area (Å²) in [6, 6.07) is 7.36. The molecule has 1 aromatic rings. The van der Waals surface area contributed by atoms with Crippen LogP contribution >= 0.6 is 8.81 Å². The van der Waals surface area contributed by atoms with E-state index in [-0.39, 0.29) is 6.61 Å². The minimum absolute atomic E-state index is 0.0701. The number of rotatable bonds is 5. The fourth-order valence-corrected chi connectivity index (χ4v) is 1.31. The zero-order valence-corrected chi connectivity index (χ0v) is 8.49. The Morgan fingerprint density at radius 1 is 1.31 bits per heavy atom.